The van der Waals surface area contributed by atoms with E-state index in [1.165, 1.54) is 11.1 Å². The minimum atomic E-state index is -0.250. The van der Waals surface area contributed by atoms with E-state index in [1.807, 2.05) is 106 Å². The van der Waals surface area contributed by atoms with Gasteiger partial charge in [0.2, 0.25) is 0 Å². The van der Waals surface area contributed by atoms with Gasteiger partial charge in [-0.05, 0) is 38.8 Å². The molecule has 0 amide bonds. The van der Waals surface area contributed by atoms with Crippen molar-refractivity contribution >= 4 is 18.0 Å². The molecule has 0 saturated carbocycles. The van der Waals surface area contributed by atoms with Crippen LogP contribution < -0.4 is 0 Å². The Morgan fingerprint density at radius 1 is 0.571 bits per heavy atom. The molecule has 178 valence electrons. The molecule has 0 bridgehead atoms. The summed E-state index contributed by atoms with van der Waals surface area (Å²) in [6.07, 6.45) is 0. The zero-order chi connectivity index (χ0) is 25.8. The molecule has 0 aliphatic heterocycles. The number of aryl methyl sites for hydroxylation is 4. The van der Waals surface area contributed by atoms with Gasteiger partial charge in [0, 0.05) is 22.3 Å². The first-order valence-electron chi connectivity index (χ1n) is 11.2. The highest BCUT2D eigenvalue weighted by atomic mass is 16.3. The molecule has 0 radical (unpaired) electrons. The normalized spacial score (nSPS) is 9.60. The molecule has 0 aliphatic carbocycles. The minimum absolute atomic E-state index is 0.0793. The maximum Gasteiger partial charge on any atom is 0.290 e. The van der Waals surface area contributed by atoms with Crippen molar-refractivity contribution in [2.75, 3.05) is 0 Å². The number of rotatable bonds is 4. The molecule has 0 unspecified atom stereocenters. The standard InChI is InChI=1S/C16H16O.C14H12O.CH2O2/c1-11-9-12(2)15(13(3)10-11)16(17)14-7-5-4-6-8-14;1-11-7-9-13(10-8-11)14(15)12-5-3-2-4-6-12;2-1-3/h4-10H,1-3H3;2-10H,1H3;1H,(H,2,3). The third-order valence-electron chi connectivity index (χ3n) is 5.29. The summed E-state index contributed by atoms with van der Waals surface area (Å²) in [5.74, 6) is 0.191. The third-order valence-corrected chi connectivity index (χ3v) is 5.29. The number of carbonyl (C=O) groups excluding carboxylic acids is 2. The van der Waals surface area contributed by atoms with Crippen molar-refractivity contribution in [3.8, 4) is 0 Å². The number of ketones is 2. The fourth-order valence-electron chi connectivity index (χ4n) is 3.73. The van der Waals surface area contributed by atoms with Gasteiger partial charge in [0.15, 0.2) is 11.6 Å². The molecule has 4 rings (SSSR count). The average Bonchev–Trinajstić information content (AvgIpc) is 2.85. The first-order valence-corrected chi connectivity index (χ1v) is 11.2. The van der Waals surface area contributed by atoms with Gasteiger partial charge in [-0.25, -0.2) is 0 Å². The van der Waals surface area contributed by atoms with Crippen molar-refractivity contribution in [1.82, 2.24) is 0 Å². The van der Waals surface area contributed by atoms with E-state index in [1.54, 1.807) is 0 Å². The summed E-state index contributed by atoms with van der Waals surface area (Å²) in [6, 6.07) is 30.5. The Kier molecular flexibility index (Phi) is 10.3. The van der Waals surface area contributed by atoms with Crippen LogP contribution in [0.15, 0.2) is 97.1 Å². The lowest BCUT2D eigenvalue weighted by molar-refractivity contribution is -0.122. The van der Waals surface area contributed by atoms with E-state index in [0.29, 0.717) is 0 Å². The molecule has 35 heavy (non-hydrogen) atoms. The molecule has 0 atom stereocenters. The van der Waals surface area contributed by atoms with Crippen LogP contribution in [0.1, 0.15) is 54.1 Å². The fourth-order valence-corrected chi connectivity index (χ4v) is 3.73. The predicted octanol–water partition coefficient (Wildman–Crippen LogP) is 6.77. The molecule has 0 aliphatic rings. The number of carboxylic acid groups (broad SMARTS) is 1. The summed E-state index contributed by atoms with van der Waals surface area (Å²) in [7, 11) is 0. The Bertz CT molecular complexity index is 1240. The summed E-state index contributed by atoms with van der Waals surface area (Å²) in [4.78, 5) is 32.7. The van der Waals surface area contributed by atoms with Crippen molar-refractivity contribution in [2.24, 2.45) is 0 Å². The van der Waals surface area contributed by atoms with Gasteiger partial charge >= 0.3 is 0 Å². The van der Waals surface area contributed by atoms with Crippen LogP contribution in [-0.2, 0) is 4.79 Å². The molecule has 4 nitrogen and oxygen atoms in total. The van der Waals surface area contributed by atoms with Crippen LogP contribution in [0.3, 0.4) is 0 Å². The lowest BCUT2D eigenvalue weighted by Gasteiger charge is -2.10. The number of benzene rings is 4. The first-order chi connectivity index (χ1) is 16.8. The molecular weight excluding hydrogens is 436 g/mol. The van der Waals surface area contributed by atoms with Crippen molar-refractivity contribution in [3.05, 3.63) is 142 Å². The van der Waals surface area contributed by atoms with E-state index in [4.69, 9.17) is 9.90 Å². The Morgan fingerprint density at radius 2 is 0.943 bits per heavy atom. The van der Waals surface area contributed by atoms with Crippen molar-refractivity contribution in [3.63, 3.8) is 0 Å². The van der Waals surface area contributed by atoms with E-state index < -0.39 is 0 Å². The van der Waals surface area contributed by atoms with E-state index in [2.05, 4.69) is 19.1 Å². The van der Waals surface area contributed by atoms with Crippen molar-refractivity contribution in [1.29, 1.82) is 0 Å². The summed E-state index contributed by atoms with van der Waals surface area (Å²) < 4.78 is 0. The molecule has 4 aromatic rings. The van der Waals surface area contributed by atoms with E-state index in [-0.39, 0.29) is 18.0 Å². The van der Waals surface area contributed by atoms with Gasteiger partial charge in [0.1, 0.15) is 0 Å². The smallest absolute Gasteiger partial charge is 0.290 e. The molecular formula is C31H30O4. The van der Waals surface area contributed by atoms with Crippen LogP contribution in [0, 0.1) is 27.7 Å². The van der Waals surface area contributed by atoms with Gasteiger partial charge in [0.05, 0.1) is 0 Å². The second-order valence-electron chi connectivity index (χ2n) is 8.14. The highest BCUT2D eigenvalue weighted by molar-refractivity contribution is 6.11. The molecule has 0 fully saturated rings. The SMILES string of the molecule is Cc1cc(C)c(C(=O)c2ccccc2)c(C)c1.Cc1ccc(C(=O)c2ccccc2)cc1.O=CO. The van der Waals surface area contributed by atoms with Gasteiger partial charge in [-0.2, -0.15) is 0 Å². The zero-order valence-electron chi connectivity index (χ0n) is 20.5. The van der Waals surface area contributed by atoms with Gasteiger partial charge in [-0.3, -0.25) is 14.4 Å². The summed E-state index contributed by atoms with van der Waals surface area (Å²) in [5, 5.41) is 6.89. The fraction of sp³-hybridized carbons (Fsp3) is 0.129. The Balaban J connectivity index is 0.000000223. The molecule has 4 heteroatoms. The molecule has 4 aromatic carbocycles. The molecule has 0 heterocycles. The summed E-state index contributed by atoms with van der Waals surface area (Å²) in [5.41, 5.74) is 7.54. The lowest BCUT2D eigenvalue weighted by Crippen LogP contribution is -2.06. The highest BCUT2D eigenvalue weighted by Gasteiger charge is 2.14. The van der Waals surface area contributed by atoms with Crippen LogP contribution in [0.2, 0.25) is 0 Å². The maximum atomic E-state index is 12.4. The zero-order valence-corrected chi connectivity index (χ0v) is 20.5. The topological polar surface area (TPSA) is 71.4 Å². The van der Waals surface area contributed by atoms with Crippen LogP contribution >= 0.6 is 0 Å². The van der Waals surface area contributed by atoms with Crippen LogP contribution in [0.5, 0.6) is 0 Å². The lowest BCUT2D eigenvalue weighted by atomic mass is 9.93. The van der Waals surface area contributed by atoms with Gasteiger partial charge < -0.3 is 5.11 Å². The van der Waals surface area contributed by atoms with Gasteiger partial charge in [-0.1, -0.05) is 108 Å². The molecule has 0 spiro atoms. The monoisotopic (exact) mass is 466 g/mol. The predicted molar refractivity (Wildman–Crippen MR) is 140 cm³/mol. The van der Waals surface area contributed by atoms with E-state index >= 15 is 0 Å². The second-order valence-corrected chi connectivity index (χ2v) is 8.14. The molecule has 0 aromatic heterocycles. The minimum Gasteiger partial charge on any atom is -0.483 e. The molecule has 0 saturated heterocycles. The van der Waals surface area contributed by atoms with Crippen molar-refractivity contribution < 1.29 is 19.5 Å². The second kappa shape index (κ2) is 13.4. The summed E-state index contributed by atoms with van der Waals surface area (Å²) >= 11 is 0. The van der Waals surface area contributed by atoms with Gasteiger partial charge in [-0.15, -0.1) is 0 Å². The third kappa shape index (κ3) is 7.90. The number of hydrogen-bond acceptors (Lipinski definition) is 3. The van der Waals surface area contributed by atoms with Crippen molar-refractivity contribution in [2.45, 2.75) is 27.7 Å². The summed E-state index contributed by atoms with van der Waals surface area (Å²) in [6.45, 7) is 7.81. The largest absolute Gasteiger partial charge is 0.483 e. The number of carbonyl (C=O) groups is 3. The highest BCUT2D eigenvalue weighted by Crippen LogP contribution is 2.20. The Morgan fingerprint density at radius 3 is 1.37 bits per heavy atom. The average molecular weight is 467 g/mol. The van der Waals surface area contributed by atoms with E-state index in [9.17, 15) is 9.59 Å². The van der Waals surface area contributed by atoms with E-state index in [0.717, 1.165) is 33.4 Å². The first kappa shape index (κ1) is 26.9. The van der Waals surface area contributed by atoms with Crippen LogP contribution in [-0.4, -0.2) is 23.1 Å². The Hall–Kier alpha value is -4.31. The Labute approximate surface area is 206 Å². The quantitative estimate of drug-likeness (QED) is 0.266. The maximum absolute atomic E-state index is 12.4. The number of hydrogen-bond donors (Lipinski definition) is 1. The van der Waals surface area contributed by atoms with Crippen LogP contribution in [0.4, 0.5) is 0 Å². The van der Waals surface area contributed by atoms with Crippen LogP contribution in [0.25, 0.3) is 0 Å². The van der Waals surface area contributed by atoms with Gasteiger partial charge in [0.25, 0.3) is 6.47 Å². The molecule has 1 N–H and O–H groups in total.